The van der Waals surface area contributed by atoms with Crippen LogP contribution in [-0.2, 0) is 9.47 Å². The number of ether oxygens (including phenoxy) is 2. The lowest BCUT2D eigenvalue weighted by Gasteiger charge is -2.42. The topological polar surface area (TPSA) is 24.9 Å². The zero-order chi connectivity index (χ0) is 18.4. The summed E-state index contributed by atoms with van der Waals surface area (Å²) >= 11 is 0. The lowest BCUT2D eigenvalue weighted by Crippen LogP contribution is -2.55. The molecule has 0 saturated carbocycles. The molecule has 0 amide bonds. The van der Waals surface area contributed by atoms with Crippen LogP contribution in [0.1, 0.15) is 68.2 Å². The maximum atomic E-state index is 6.03. The first kappa shape index (κ1) is 21.9. The maximum absolute atomic E-state index is 6.03. The van der Waals surface area contributed by atoms with E-state index in [1.807, 2.05) is 0 Å². The van der Waals surface area contributed by atoms with Crippen molar-refractivity contribution in [2.75, 3.05) is 39.4 Å². The third kappa shape index (κ3) is 8.28. The van der Waals surface area contributed by atoms with Gasteiger partial charge >= 0.3 is 0 Å². The summed E-state index contributed by atoms with van der Waals surface area (Å²) in [6, 6.07) is 1.08. The molecule has 2 atom stereocenters. The summed E-state index contributed by atoms with van der Waals surface area (Å²) in [6.07, 6.45) is 2.31. The molecule has 0 aliphatic carbocycles. The molecule has 1 heterocycles. The fourth-order valence-corrected chi connectivity index (χ4v) is 3.12. The van der Waals surface area contributed by atoms with Crippen molar-refractivity contribution < 1.29 is 9.47 Å². The number of hydrogen-bond acceptors (Lipinski definition) is 4. The minimum Gasteiger partial charge on any atom is -0.374 e. The fourth-order valence-electron chi connectivity index (χ4n) is 3.12. The minimum absolute atomic E-state index is 0.0488. The first-order valence-corrected chi connectivity index (χ1v) is 9.81. The Balaban J connectivity index is 2.45. The van der Waals surface area contributed by atoms with Gasteiger partial charge in [-0.05, 0) is 54.4 Å². The highest BCUT2D eigenvalue weighted by atomic mass is 16.5. The lowest BCUT2D eigenvalue weighted by molar-refractivity contribution is -0.0602. The van der Waals surface area contributed by atoms with Crippen LogP contribution in [0.4, 0.5) is 0 Å². The zero-order valence-corrected chi connectivity index (χ0v) is 17.5. The van der Waals surface area contributed by atoms with E-state index in [-0.39, 0.29) is 11.2 Å². The molecule has 24 heavy (non-hydrogen) atoms. The van der Waals surface area contributed by atoms with Crippen molar-refractivity contribution in [3.63, 3.8) is 0 Å². The van der Waals surface area contributed by atoms with Crippen LogP contribution in [0, 0.1) is 0 Å². The number of piperazine rings is 1. The highest BCUT2D eigenvalue weighted by molar-refractivity contribution is 4.82. The highest BCUT2D eigenvalue weighted by Gasteiger charge is 2.28. The zero-order valence-electron chi connectivity index (χ0n) is 17.5. The van der Waals surface area contributed by atoms with Crippen molar-refractivity contribution in [3.8, 4) is 0 Å². The van der Waals surface area contributed by atoms with E-state index in [0.717, 1.165) is 52.2 Å². The van der Waals surface area contributed by atoms with Crippen LogP contribution in [0.25, 0.3) is 0 Å². The summed E-state index contributed by atoms with van der Waals surface area (Å²) in [4.78, 5) is 5.22. The molecule has 1 aliphatic rings. The van der Waals surface area contributed by atoms with Crippen molar-refractivity contribution in [2.45, 2.75) is 91.5 Å². The molecule has 0 aromatic carbocycles. The summed E-state index contributed by atoms with van der Waals surface area (Å²) < 4.78 is 12.1. The van der Waals surface area contributed by atoms with Crippen LogP contribution in [0.2, 0.25) is 0 Å². The van der Waals surface area contributed by atoms with E-state index < -0.39 is 0 Å². The number of rotatable bonds is 8. The second kappa shape index (κ2) is 9.51. The molecule has 1 aliphatic heterocycles. The molecule has 1 fully saturated rings. The van der Waals surface area contributed by atoms with Gasteiger partial charge in [-0.3, -0.25) is 9.80 Å². The normalized spacial score (nSPS) is 21.0. The van der Waals surface area contributed by atoms with Gasteiger partial charge in [0.2, 0.25) is 0 Å². The molecule has 144 valence electrons. The van der Waals surface area contributed by atoms with Gasteiger partial charge in [0.25, 0.3) is 0 Å². The van der Waals surface area contributed by atoms with Gasteiger partial charge in [0.15, 0.2) is 0 Å². The molecule has 1 saturated heterocycles. The van der Waals surface area contributed by atoms with Crippen LogP contribution in [-0.4, -0.2) is 72.5 Å². The monoisotopic (exact) mass is 342 g/mol. The molecular formula is C20H42N2O2. The average Bonchev–Trinajstić information content (AvgIpc) is 2.47. The Hall–Kier alpha value is -0.160. The molecular weight excluding hydrogens is 300 g/mol. The summed E-state index contributed by atoms with van der Waals surface area (Å²) in [5.41, 5.74) is -0.0975. The Morgan fingerprint density at radius 3 is 1.17 bits per heavy atom. The van der Waals surface area contributed by atoms with Crippen molar-refractivity contribution in [1.82, 2.24) is 9.80 Å². The van der Waals surface area contributed by atoms with E-state index in [2.05, 4.69) is 65.2 Å². The molecule has 0 spiro atoms. The second-order valence-electron chi connectivity index (χ2n) is 9.04. The van der Waals surface area contributed by atoms with Gasteiger partial charge in [-0.15, -0.1) is 0 Å². The quantitative estimate of drug-likeness (QED) is 0.670. The molecule has 0 N–H and O–H groups in total. The Kier molecular flexibility index (Phi) is 8.67. The lowest BCUT2D eigenvalue weighted by atomic mass is 10.1. The van der Waals surface area contributed by atoms with Crippen LogP contribution in [0.15, 0.2) is 0 Å². The van der Waals surface area contributed by atoms with E-state index >= 15 is 0 Å². The minimum atomic E-state index is -0.0488. The van der Waals surface area contributed by atoms with Crippen molar-refractivity contribution in [3.05, 3.63) is 0 Å². The molecule has 0 aromatic heterocycles. The largest absolute Gasteiger partial charge is 0.374 e. The Morgan fingerprint density at radius 2 is 0.958 bits per heavy atom. The third-order valence-corrected chi connectivity index (χ3v) is 4.74. The molecule has 0 bridgehead atoms. The van der Waals surface area contributed by atoms with Crippen molar-refractivity contribution >= 4 is 0 Å². The second-order valence-corrected chi connectivity index (χ2v) is 9.04. The van der Waals surface area contributed by atoms with E-state index in [1.54, 1.807) is 0 Å². The maximum Gasteiger partial charge on any atom is 0.0628 e. The molecule has 0 aromatic rings. The predicted octanol–water partition coefficient (Wildman–Crippen LogP) is 3.79. The highest BCUT2D eigenvalue weighted by Crippen LogP contribution is 2.17. The molecule has 2 unspecified atom stereocenters. The summed E-state index contributed by atoms with van der Waals surface area (Å²) in [5.74, 6) is 0. The van der Waals surface area contributed by atoms with E-state index in [4.69, 9.17) is 9.47 Å². The Bertz CT molecular complexity index is 305. The standard InChI is InChI=1S/C20H42N2O2/c1-9-17(15-23-19(3,4)5)21-11-13-22(14-12-21)18(10-2)16-24-20(6,7)8/h17-18H,9-16H2,1-8H3. The number of hydrogen-bond donors (Lipinski definition) is 0. The van der Waals surface area contributed by atoms with E-state index in [9.17, 15) is 0 Å². The van der Waals surface area contributed by atoms with Crippen molar-refractivity contribution in [1.29, 1.82) is 0 Å². The number of nitrogens with zero attached hydrogens (tertiary/aromatic N) is 2. The Morgan fingerprint density at radius 1 is 0.667 bits per heavy atom. The third-order valence-electron chi connectivity index (χ3n) is 4.74. The summed E-state index contributed by atoms with van der Waals surface area (Å²) in [6.45, 7) is 23.6. The van der Waals surface area contributed by atoms with Gasteiger partial charge in [-0.2, -0.15) is 0 Å². The first-order chi connectivity index (χ1) is 11.1. The van der Waals surface area contributed by atoms with Gasteiger partial charge in [0.05, 0.1) is 24.4 Å². The molecule has 0 radical (unpaired) electrons. The first-order valence-electron chi connectivity index (χ1n) is 9.81. The van der Waals surface area contributed by atoms with Crippen LogP contribution >= 0.6 is 0 Å². The summed E-state index contributed by atoms with van der Waals surface area (Å²) in [5, 5.41) is 0. The average molecular weight is 343 g/mol. The van der Waals surface area contributed by atoms with Crippen molar-refractivity contribution in [2.24, 2.45) is 0 Å². The van der Waals surface area contributed by atoms with Gasteiger partial charge in [-0.25, -0.2) is 0 Å². The van der Waals surface area contributed by atoms with Crippen LogP contribution < -0.4 is 0 Å². The van der Waals surface area contributed by atoms with Crippen LogP contribution in [0.5, 0.6) is 0 Å². The smallest absolute Gasteiger partial charge is 0.0628 e. The van der Waals surface area contributed by atoms with Gasteiger partial charge < -0.3 is 9.47 Å². The van der Waals surface area contributed by atoms with Gasteiger partial charge in [-0.1, -0.05) is 13.8 Å². The van der Waals surface area contributed by atoms with Crippen LogP contribution in [0.3, 0.4) is 0 Å². The van der Waals surface area contributed by atoms with E-state index in [1.165, 1.54) is 0 Å². The Labute approximate surface area is 150 Å². The van der Waals surface area contributed by atoms with Gasteiger partial charge in [0, 0.05) is 38.3 Å². The predicted molar refractivity (Wildman–Crippen MR) is 103 cm³/mol. The molecule has 4 nitrogen and oxygen atoms in total. The van der Waals surface area contributed by atoms with Gasteiger partial charge in [0.1, 0.15) is 0 Å². The molecule has 1 rings (SSSR count). The summed E-state index contributed by atoms with van der Waals surface area (Å²) in [7, 11) is 0. The molecule has 4 heteroatoms. The fraction of sp³-hybridized carbons (Fsp3) is 1.00. The SMILES string of the molecule is CCC(COC(C)(C)C)N1CCN(C(CC)COC(C)(C)C)CC1. The van der Waals surface area contributed by atoms with E-state index in [0.29, 0.717) is 12.1 Å².